The summed E-state index contributed by atoms with van der Waals surface area (Å²) in [4.78, 5) is 2.37. The molecule has 1 aromatic carbocycles. The lowest BCUT2D eigenvalue weighted by molar-refractivity contribution is 0.450. The van der Waals surface area contributed by atoms with Crippen LogP contribution in [0.15, 0.2) is 18.2 Å². The predicted octanol–water partition coefficient (Wildman–Crippen LogP) is 2.27. The average molecular weight is 234 g/mol. The van der Waals surface area contributed by atoms with E-state index in [1.807, 2.05) is 19.9 Å². The van der Waals surface area contributed by atoms with Gasteiger partial charge in [-0.1, -0.05) is 0 Å². The molecule has 0 bridgehead atoms. The van der Waals surface area contributed by atoms with Crippen LogP contribution in [0, 0.1) is 0 Å². The van der Waals surface area contributed by atoms with Gasteiger partial charge < -0.3 is 15.7 Å². The van der Waals surface area contributed by atoms with Crippen molar-refractivity contribution in [2.45, 2.75) is 38.6 Å². The van der Waals surface area contributed by atoms with E-state index >= 15 is 0 Å². The summed E-state index contributed by atoms with van der Waals surface area (Å²) in [6.07, 6.45) is 3.22. The topological polar surface area (TPSA) is 49.5 Å². The molecular weight excluding hydrogens is 212 g/mol. The molecule has 0 spiro atoms. The molecule has 1 aliphatic heterocycles. The van der Waals surface area contributed by atoms with Crippen molar-refractivity contribution < 1.29 is 5.11 Å². The van der Waals surface area contributed by atoms with Crippen LogP contribution in [0.25, 0.3) is 0 Å². The van der Waals surface area contributed by atoms with Crippen LogP contribution < -0.4 is 10.6 Å². The Morgan fingerprint density at radius 2 is 1.94 bits per heavy atom. The lowest BCUT2D eigenvalue weighted by Gasteiger charge is -2.22. The first-order valence-electron chi connectivity index (χ1n) is 6.31. The first-order chi connectivity index (χ1) is 7.96. The second kappa shape index (κ2) is 4.57. The second-order valence-electron chi connectivity index (χ2n) is 5.67. The van der Waals surface area contributed by atoms with Crippen molar-refractivity contribution in [3.63, 3.8) is 0 Å². The zero-order valence-electron chi connectivity index (χ0n) is 10.7. The molecule has 0 amide bonds. The molecule has 0 atom stereocenters. The molecule has 0 aromatic heterocycles. The summed E-state index contributed by atoms with van der Waals surface area (Å²) in [6.45, 7) is 6.20. The first-order valence-corrected chi connectivity index (χ1v) is 6.31. The maximum absolute atomic E-state index is 9.87. The Bertz CT molecular complexity index is 390. The van der Waals surface area contributed by atoms with E-state index in [0.29, 0.717) is 12.2 Å². The number of nitrogens with zero attached hydrogens (tertiary/aromatic N) is 1. The zero-order valence-corrected chi connectivity index (χ0v) is 10.7. The molecule has 3 N–H and O–H groups in total. The number of benzene rings is 1. The summed E-state index contributed by atoms with van der Waals surface area (Å²) in [5.74, 6) is 0.353. The number of hydrogen-bond donors (Lipinski definition) is 2. The highest BCUT2D eigenvalue weighted by Crippen LogP contribution is 2.28. The third-order valence-electron chi connectivity index (χ3n) is 3.18. The van der Waals surface area contributed by atoms with Gasteiger partial charge in [-0.15, -0.1) is 0 Å². The molecule has 17 heavy (non-hydrogen) atoms. The Hall–Kier alpha value is -1.22. The van der Waals surface area contributed by atoms with Crippen molar-refractivity contribution in [1.82, 2.24) is 0 Å². The Morgan fingerprint density at radius 1 is 1.29 bits per heavy atom. The number of aromatic hydroxyl groups is 1. The maximum atomic E-state index is 9.87. The van der Waals surface area contributed by atoms with E-state index in [1.165, 1.54) is 18.5 Å². The van der Waals surface area contributed by atoms with Crippen LogP contribution >= 0.6 is 0 Å². The van der Waals surface area contributed by atoms with E-state index in [9.17, 15) is 5.11 Å². The van der Waals surface area contributed by atoms with Gasteiger partial charge in [-0.25, -0.2) is 0 Å². The SMILES string of the molecule is CC(C)(N)Cc1cc(N2CCCC2)ccc1O. The molecule has 0 radical (unpaired) electrons. The Balaban J connectivity index is 2.22. The van der Waals surface area contributed by atoms with Gasteiger partial charge in [-0.2, -0.15) is 0 Å². The minimum absolute atomic E-state index is 0.291. The predicted molar refractivity (Wildman–Crippen MR) is 71.5 cm³/mol. The highest BCUT2D eigenvalue weighted by atomic mass is 16.3. The molecule has 94 valence electrons. The summed E-state index contributed by atoms with van der Waals surface area (Å²) >= 11 is 0. The first kappa shape index (κ1) is 12.2. The van der Waals surface area contributed by atoms with Gasteiger partial charge in [0.05, 0.1) is 0 Å². The number of nitrogens with two attached hydrogens (primary N) is 1. The fourth-order valence-electron chi connectivity index (χ4n) is 2.38. The van der Waals surface area contributed by atoms with Gasteiger partial charge in [0.15, 0.2) is 0 Å². The van der Waals surface area contributed by atoms with Crippen molar-refractivity contribution >= 4 is 5.69 Å². The van der Waals surface area contributed by atoms with Gasteiger partial charge in [-0.05, 0) is 56.9 Å². The molecule has 3 heteroatoms. The molecular formula is C14H22N2O. The third-order valence-corrected chi connectivity index (χ3v) is 3.18. The fourth-order valence-corrected chi connectivity index (χ4v) is 2.38. The van der Waals surface area contributed by atoms with E-state index in [2.05, 4.69) is 11.0 Å². The van der Waals surface area contributed by atoms with Crippen LogP contribution in [0.5, 0.6) is 5.75 Å². The van der Waals surface area contributed by atoms with Gasteiger partial charge in [0.1, 0.15) is 5.75 Å². The van der Waals surface area contributed by atoms with Gasteiger partial charge in [0.25, 0.3) is 0 Å². The van der Waals surface area contributed by atoms with Crippen LogP contribution in [-0.2, 0) is 6.42 Å². The molecule has 3 nitrogen and oxygen atoms in total. The minimum Gasteiger partial charge on any atom is -0.508 e. The van der Waals surface area contributed by atoms with E-state index < -0.39 is 0 Å². The molecule has 1 heterocycles. The Morgan fingerprint density at radius 3 is 2.53 bits per heavy atom. The summed E-state index contributed by atoms with van der Waals surface area (Å²) in [5.41, 5.74) is 7.88. The molecule has 0 unspecified atom stereocenters. The molecule has 0 aliphatic carbocycles. The molecule has 2 rings (SSSR count). The van der Waals surface area contributed by atoms with Crippen molar-refractivity contribution in [1.29, 1.82) is 0 Å². The highest BCUT2D eigenvalue weighted by molar-refractivity contribution is 5.53. The average Bonchev–Trinajstić information content (AvgIpc) is 2.72. The molecule has 0 saturated carbocycles. The smallest absolute Gasteiger partial charge is 0.118 e. The monoisotopic (exact) mass is 234 g/mol. The van der Waals surface area contributed by atoms with Crippen molar-refractivity contribution in [3.8, 4) is 5.75 Å². The summed E-state index contributed by atoms with van der Waals surface area (Å²) in [7, 11) is 0. The van der Waals surface area contributed by atoms with E-state index in [1.54, 1.807) is 6.07 Å². The van der Waals surface area contributed by atoms with Gasteiger partial charge in [0.2, 0.25) is 0 Å². The number of anilines is 1. The normalized spacial score (nSPS) is 16.5. The van der Waals surface area contributed by atoms with E-state index in [0.717, 1.165) is 18.7 Å². The van der Waals surface area contributed by atoms with Crippen LogP contribution in [0.3, 0.4) is 0 Å². The quantitative estimate of drug-likeness (QED) is 0.843. The lowest BCUT2D eigenvalue weighted by Crippen LogP contribution is -2.34. The largest absolute Gasteiger partial charge is 0.508 e. The van der Waals surface area contributed by atoms with Crippen LogP contribution in [-0.4, -0.2) is 23.7 Å². The molecule has 1 fully saturated rings. The molecule has 1 aromatic rings. The van der Waals surface area contributed by atoms with E-state index in [-0.39, 0.29) is 5.54 Å². The maximum Gasteiger partial charge on any atom is 0.118 e. The van der Waals surface area contributed by atoms with Crippen molar-refractivity contribution in [2.24, 2.45) is 5.73 Å². The van der Waals surface area contributed by atoms with Crippen LogP contribution in [0.2, 0.25) is 0 Å². The standard InChI is InChI=1S/C14H22N2O/c1-14(2,15)10-11-9-12(5-6-13(11)17)16-7-3-4-8-16/h5-6,9,17H,3-4,7-8,10,15H2,1-2H3. The van der Waals surface area contributed by atoms with Crippen molar-refractivity contribution in [2.75, 3.05) is 18.0 Å². The minimum atomic E-state index is -0.291. The lowest BCUT2D eigenvalue weighted by atomic mass is 9.95. The number of phenols is 1. The molecule has 1 saturated heterocycles. The zero-order chi connectivity index (χ0) is 12.5. The van der Waals surface area contributed by atoms with Crippen LogP contribution in [0.4, 0.5) is 5.69 Å². The second-order valence-corrected chi connectivity index (χ2v) is 5.67. The van der Waals surface area contributed by atoms with Gasteiger partial charge >= 0.3 is 0 Å². The summed E-state index contributed by atoms with van der Waals surface area (Å²) in [6, 6.07) is 5.86. The summed E-state index contributed by atoms with van der Waals surface area (Å²) in [5, 5.41) is 9.87. The fraction of sp³-hybridized carbons (Fsp3) is 0.571. The third kappa shape index (κ3) is 3.13. The van der Waals surface area contributed by atoms with Gasteiger partial charge in [0, 0.05) is 24.3 Å². The number of phenolic OH excluding ortho intramolecular Hbond substituents is 1. The number of hydrogen-bond acceptors (Lipinski definition) is 3. The summed E-state index contributed by atoms with van der Waals surface area (Å²) < 4.78 is 0. The molecule has 1 aliphatic rings. The van der Waals surface area contributed by atoms with Gasteiger partial charge in [-0.3, -0.25) is 0 Å². The van der Waals surface area contributed by atoms with Crippen molar-refractivity contribution in [3.05, 3.63) is 23.8 Å². The number of rotatable bonds is 3. The Kier molecular flexibility index (Phi) is 3.29. The Labute approximate surface area is 103 Å². The van der Waals surface area contributed by atoms with Crippen LogP contribution in [0.1, 0.15) is 32.3 Å². The van der Waals surface area contributed by atoms with E-state index in [4.69, 9.17) is 5.73 Å². The highest BCUT2D eigenvalue weighted by Gasteiger charge is 2.17.